The van der Waals surface area contributed by atoms with Gasteiger partial charge in [0.15, 0.2) is 0 Å². The molecule has 0 aliphatic heterocycles. The summed E-state index contributed by atoms with van der Waals surface area (Å²) in [6.07, 6.45) is 7.11. The Morgan fingerprint density at radius 1 is 1.20 bits per heavy atom. The number of rotatable bonds is 5. The number of hydrogen-bond acceptors (Lipinski definition) is 5. The lowest BCUT2D eigenvalue weighted by Crippen LogP contribution is -2.29. The first kappa shape index (κ1) is 14.1. The highest BCUT2D eigenvalue weighted by Gasteiger charge is 2.20. The summed E-state index contributed by atoms with van der Waals surface area (Å²) in [4.78, 5) is 20.4. The zero-order valence-electron chi connectivity index (χ0n) is 10.8. The molecule has 1 atom stereocenters. The van der Waals surface area contributed by atoms with Crippen molar-refractivity contribution in [3.63, 3.8) is 0 Å². The molecule has 7 nitrogen and oxygen atoms in total. The molecule has 0 fully saturated rings. The summed E-state index contributed by atoms with van der Waals surface area (Å²) in [6, 6.07) is 4.06. The molecule has 0 spiro atoms. The van der Waals surface area contributed by atoms with Crippen LogP contribution in [0.1, 0.15) is 24.8 Å². The topological polar surface area (TPSA) is 98.3 Å². The average molecular weight is 277 g/mol. The minimum Gasteiger partial charge on any atom is -0.309 e. The van der Waals surface area contributed by atoms with Crippen LogP contribution in [-0.4, -0.2) is 15.9 Å². The molecule has 7 heteroatoms. The van der Waals surface area contributed by atoms with E-state index in [1.54, 1.807) is 0 Å². The van der Waals surface area contributed by atoms with E-state index >= 15 is 0 Å². The minimum atomic E-state index is -0.629. The van der Waals surface area contributed by atoms with Gasteiger partial charge in [0, 0.05) is 24.2 Å². The van der Waals surface area contributed by atoms with Crippen molar-refractivity contribution in [3.05, 3.63) is 56.1 Å². The normalized spacial score (nSPS) is 17.9. The molecule has 0 radical (unpaired) electrons. The van der Waals surface area contributed by atoms with E-state index in [4.69, 9.17) is 0 Å². The Morgan fingerprint density at radius 2 is 2.00 bits per heavy atom. The molecule has 0 saturated carbocycles. The van der Waals surface area contributed by atoms with Crippen LogP contribution >= 0.6 is 0 Å². The number of nitrogens with one attached hydrogen (secondary N) is 1. The van der Waals surface area contributed by atoms with Crippen LogP contribution in [0.15, 0.2) is 30.4 Å². The van der Waals surface area contributed by atoms with Gasteiger partial charge in [0.1, 0.15) is 0 Å². The lowest BCUT2D eigenvalue weighted by molar-refractivity contribution is -0.394. The molecule has 0 heterocycles. The predicted octanol–water partition coefficient (Wildman–Crippen LogP) is 2.70. The quantitative estimate of drug-likeness (QED) is 0.507. The van der Waals surface area contributed by atoms with Gasteiger partial charge in [-0.15, -0.1) is 0 Å². The van der Waals surface area contributed by atoms with Crippen LogP contribution in [0.3, 0.4) is 0 Å². The molecule has 1 aliphatic rings. The Bertz CT molecular complexity index is 557. The molecule has 106 valence electrons. The average Bonchev–Trinajstić information content (AvgIpc) is 2.45. The minimum absolute atomic E-state index is 0.210. The summed E-state index contributed by atoms with van der Waals surface area (Å²) in [5, 5.41) is 24.9. The third kappa shape index (κ3) is 3.39. The van der Waals surface area contributed by atoms with Gasteiger partial charge < -0.3 is 5.32 Å². The molecule has 20 heavy (non-hydrogen) atoms. The van der Waals surface area contributed by atoms with Crippen LogP contribution in [0.2, 0.25) is 0 Å². The highest BCUT2D eigenvalue weighted by Crippen LogP contribution is 2.25. The Labute approximate surface area is 115 Å². The van der Waals surface area contributed by atoms with Gasteiger partial charge in [-0.3, -0.25) is 20.2 Å². The van der Waals surface area contributed by atoms with Crippen molar-refractivity contribution < 1.29 is 9.85 Å². The lowest BCUT2D eigenvalue weighted by Gasteiger charge is -2.19. The molecule has 0 saturated heterocycles. The van der Waals surface area contributed by atoms with Crippen LogP contribution in [0.5, 0.6) is 0 Å². The maximum atomic E-state index is 11.0. The van der Waals surface area contributed by atoms with Crippen molar-refractivity contribution in [2.45, 2.75) is 31.8 Å². The third-order valence-corrected chi connectivity index (χ3v) is 3.33. The maximum Gasteiger partial charge on any atom is 0.280 e. The fourth-order valence-electron chi connectivity index (χ4n) is 2.22. The van der Waals surface area contributed by atoms with Crippen LogP contribution in [0.4, 0.5) is 11.4 Å². The Kier molecular flexibility index (Phi) is 4.41. The van der Waals surface area contributed by atoms with E-state index in [1.807, 2.05) is 0 Å². The number of nitrogens with zero attached hydrogens (tertiary/aromatic N) is 2. The highest BCUT2D eigenvalue weighted by molar-refractivity contribution is 5.49. The summed E-state index contributed by atoms with van der Waals surface area (Å²) in [5.74, 6) is 0. The number of benzene rings is 1. The lowest BCUT2D eigenvalue weighted by atomic mass is 10.0. The van der Waals surface area contributed by atoms with Gasteiger partial charge in [0.2, 0.25) is 0 Å². The van der Waals surface area contributed by atoms with E-state index in [0.29, 0.717) is 18.2 Å². The van der Waals surface area contributed by atoms with Crippen molar-refractivity contribution in [1.29, 1.82) is 0 Å². The molecule has 0 aromatic heterocycles. The molecular formula is C13H15N3O4. The molecule has 1 aromatic rings. The predicted molar refractivity (Wildman–Crippen MR) is 73.4 cm³/mol. The van der Waals surface area contributed by atoms with Crippen LogP contribution in [-0.2, 0) is 6.54 Å². The molecular weight excluding hydrogens is 262 g/mol. The second-order valence-electron chi connectivity index (χ2n) is 4.69. The second-order valence-corrected chi connectivity index (χ2v) is 4.69. The number of nitro groups is 2. The van der Waals surface area contributed by atoms with E-state index in [2.05, 4.69) is 17.5 Å². The van der Waals surface area contributed by atoms with E-state index in [0.717, 1.165) is 25.3 Å². The molecule has 1 aliphatic carbocycles. The Balaban J connectivity index is 2.12. The van der Waals surface area contributed by atoms with Crippen LogP contribution < -0.4 is 5.32 Å². The van der Waals surface area contributed by atoms with Gasteiger partial charge >= 0.3 is 0 Å². The molecule has 1 N–H and O–H groups in total. The number of non-ortho nitro benzene ring substituents is 1. The number of nitro benzene ring substituents is 2. The summed E-state index contributed by atoms with van der Waals surface area (Å²) >= 11 is 0. The van der Waals surface area contributed by atoms with E-state index in [-0.39, 0.29) is 11.4 Å². The summed E-state index contributed by atoms with van der Waals surface area (Å²) in [7, 11) is 0. The highest BCUT2D eigenvalue weighted by atomic mass is 16.6. The van der Waals surface area contributed by atoms with Crippen molar-refractivity contribution in [3.8, 4) is 0 Å². The monoisotopic (exact) mass is 277 g/mol. The molecule has 2 rings (SSSR count). The van der Waals surface area contributed by atoms with Gasteiger partial charge in [-0.05, 0) is 25.3 Å². The summed E-state index contributed by atoms with van der Waals surface area (Å²) in [6.45, 7) is 0.340. The fourth-order valence-corrected chi connectivity index (χ4v) is 2.22. The number of hydrogen-bond donors (Lipinski definition) is 1. The van der Waals surface area contributed by atoms with Gasteiger partial charge in [-0.1, -0.05) is 12.2 Å². The number of allylic oxidation sites excluding steroid dienone is 1. The fraction of sp³-hybridized carbons (Fsp3) is 0.385. The standard InChI is InChI=1S/C13H15N3O4/c17-15(18)12-7-6-10(13(8-12)16(19)20)9-14-11-4-2-1-3-5-11/h1-2,6-8,11,14H,3-5,9H2. The Hall–Kier alpha value is -2.28. The molecule has 1 aromatic carbocycles. The van der Waals surface area contributed by atoms with Crippen LogP contribution in [0, 0.1) is 20.2 Å². The molecule has 0 amide bonds. The van der Waals surface area contributed by atoms with E-state index in [9.17, 15) is 20.2 Å². The molecule has 1 unspecified atom stereocenters. The summed E-state index contributed by atoms with van der Waals surface area (Å²) in [5.41, 5.74) is -0.00532. The largest absolute Gasteiger partial charge is 0.309 e. The van der Waals surface area contributed by atoms with E-state index in [1.165, 1.54) is 12.1 Å². The first-order valence-corrected chi connectivity index (χ1v) is 6.38. The van der Waals surface area contributed by atoms with Crippen molar-refractivity contribution in [1.82, 2.24) is 5.32 Å². The first-order valence-electron chi connectivity index (χ1n) is 6.38. The Morgan fingerprint density at radius 3 is 2.60 bits per heavy atom. The first-order chi connectivity index (χ1) is 9.58. The molecule has 0 bridgehead atoms. The summed E-state index contributed by atoms with van der Waals surface area (Å²) < 4.78 is 0. The van der Waals surface area contributed by atoms with Gasteiger partial charge in [-0.25, -0.2) is 0 Å². The van der Waals surface area contributed by atoms with Gasteiger partial charge in [-0.2, -0.15) is 0 Å². The second kappa shape index (κ2) is 6.25. The van der Waals surface area contributed by atoms with Crippen molar-refractivity contribution in [2.24, 2.45) is 0 Å². The third-order valence-electron chi connectivity index (χ3n) is 3.33. The zero-order chi connectivity index (χ0) is 14.5. The van der Waals surface area contributed by atoms with Crippen molar-refractivity contribution in [2.75, 3.05) is 0 Å². The van der Waals surface area contributed by atoms with Crippen molar-refractivity contribution >= 4 is 11.4 Å². The zero-order valence-corrected chi connectivity index (χ0v) is 10.8. The van der Waals surface area contributed by atoms with Gasteiger partial charge in [0.25, 0.3) is 11.4 Å². The van der Waals surface area contributed by atoms with Crippen LogP contribution in [0.25, 0.3) is 0 Å². The maximum absolute atomic E-state index is 11.0. The SMILES string of the molecule is O=[N+]([O-])c1ccc(CNC2CC=CCC2)c([N+](=O)[O-])c1. The van der Waals surface area contributed by atoms with Gasteiger partial charge in [0.05, 0.1) is 15.9 Å². The van der Waals surface area contributed by atoms with E-state index < -0.39 is 9.85 Å². The smallest absolute Gasteiger partial charge is 0.280 e.